The van der Waals surface area contributed by atoms with Gasteiger partial charge in [0.25, 0.3) is 0 Å². The summed E-state index contributed by atoms with van der Waals surface area (Å²) in [4.78, 5) is 25.4. The van der Waals surface area contributed by atoms with Gasteiger partial charge in [-0.05, 0) is 33.3 Å². The van der Waals surface area contributed by atoms with Crippen molar-refractivity contribution in [3.63, 3.8) is 0 Å². The minimum absolute atomic E-state index is 0.0721. The maximum absolute atomic E-state index is 12.0. The van der Waals surface area contributed by atoms with Crippen LogP contribution >= 0.6 is 0 Å². The van der Waals surface area contributed by atoms with Crippen LogP contribution in [0.25, 0.3) is 0 Å². The number of hydrogen-bond donors (Lipinski definition) is 1. The number of hydrogen-bond acceptors (Lipinski definition) is 2. The van der Waals surface area contributed by atoms with Crippen molar-refractivity contribution in [2.45, 2.75) is 46.2 Å². The first-order valence-electron chi connectivity index (χ1n) is 6.84. The molecule has 1 aromatic rings. The van der Waals surface area contributed by atoms with Crippen LogP contribution in [0.3, 0.4) is 0 Å². The smallest absolute Gasteiger partial charge is 0.240 e. The van der Waals surface area contributed by atoms with E-state index in [0.717, 1.165) is 5.56 Å². The van der Waals surface area contributed by atoms with Crippen LogP contribution in [0.5, 0.6) is 0 Å². The Kier molecular flexibility index (Phi) is 5.31. The van der Waals surface area contributed by atoms with E-state index in [1.165, 1.54) is 6.92 Å². The van der Waals surface area contributed by atoms with E-state index in [0.29, 0.717) is 0 Å². The molecule has 0 saturated heterocycles. The maximum Gasteiger partial charge on any atom is 0.240 e. The fraction of sp³-hybridized carbons (Fsp3) is 0.500. The molecule has 0 aliphatic rings. The van der Waals surface area contributed by atoms with Gasteiger partial charge in [0.1, 0.15) is 6.54 Å². The topological polar surface area (TPSA) is 49.4 Å². The van der Waals surface area contributed by atoms with E-state index < -0.39 is 0 Å². The summed E-state index contributed by atoms with van der Waals surface area (Å²) in [6.45, 7) is 9.25. The van der Waals surface area contributed by atoms with Crippen LogP contribution < -0.4 is 5.32 Å². The lowest BCUT2D eigenvalue weighted by atomic mass is 10.1. The molecule has 0 aliphatic heterocycles. The normalized spacial score (nSPS) is 12.7. The maximum atomic E-state index is 12.0. The number of amides is 2. The van der Waals surface area contributed by atoms with Crippen LogP contribution in [0.4, 0.5) is 0 Å². The first-order chi connectivity index (χ1) is 9.20. The monoisotopic (exact) mass is 276 g/mol. The summed E-state index contributed by atoms with van der Waals surface area (Å²) in [6, 6.07) is 9.59. The van der Waals surface area contributed by atoms with Crippen molar-refractivity contribution in [1.29, 1.82) is 0 Å². The van der Waals surface area contributed by atoms with Gasteiger partial charge in [0.05, 0.1) is 6.04 Å². The molecule has 1 atom stereocenters. The highest BCUT2D eigenvalue weighted by Crippen LogP contribution is 2.19. The molecule has 0 fully saturated rings. The molecular formula is C16H24N2O2. The summed E-state index contributed by atoms with van der Waals surface area (Å²) in [5.74, 6) is -0.249. The van der Waals surface area contributed by atoms with E-state index in [1.807, 2.05) is 58.0 Å². The van der Waals surface area contributed by atoms with Crippen LogP contribution in [0, 0.1) is 0 Å². The van der Waals surface area contributed by atoms with Crippen molar-refractivity contribution in [1.82, 2.24) is 10.2 Å². The van der Waals surface area contributed by atoms with Crippen LogP contribution in [-0.4, -0.2) is 28.8 Å². The van der Waals surface area contributed by atoms with E-state index in [2.05, 4.69) is 5.32 Å². The lowest BCUT2D eigenvalue weighted by Gasteiger charge is -2.30. The second-order valence-electron chi connectivity index (χ2n) is 6.03. The zero-order valence-corrected chi connectivity index (χ0v) is 12.9. The van der Waals surface area contributed by atoms with Gasteiger partial charge in [0.15, 0.2) is 0 Å². The summed E-state index contributed by atoms with van der Waals surface area (Å²) < 4.78 is 0. The Labute approximate surface area is 121 Å². The molecule has 110 valence electrons. The Hall–Kier alpha value is -1.84. The lowest BCUT2D eigenvalue weighted by Crippen LogP contribution is -2.47. The minimum atomic E-state index is -0.296. The van der Waals surface area contributed by atoms with E-state index in [4.69, 9.17) is 0 Å². The molecule has 0 spiro atoms. The molecule has 0 radical (unpaired) electrons. The Morgan fingerprint density at radius 2 is 1.75 bits per heavy atom. The van der Waals surface area contributed by atoms with Gasteiger partial charge in [-0.2, -0.15) is 0 Å². The van der Waals surface area contributed by atoms with Crippen molar-refractivity contribution in [2.75, 3.05) is 6.54 Å². The van der Waals surface area contributed by atoms with Crippen molar-refractivity contribution >= 4 is 11.8 Å². The molecule has 4 heteroatoms. The molecule has 1 N–H and O–H groups in total. The average molecular weight is 276 g/mol. The van der Waals surface area contributed by atoms with Crippen molar-refractivity contribution < 1.29 is 9.59 Å². The Morgan fingerprint density at radius 3 is 2.20 bits per heavy atom. The van der Waals surface area contributed by atoms with Crippen LogP contribution in [0.2, 0.25) is 0 Å². The van der Waals surface area contributed by atoms with Gasteiger partial charge in [0.2, 0.25) is 11.8 Å². The molecule has 0 saturated carbocycles. The number of benzene rings is 1. The number of carbonyl (C=O) groups excluding carboxylic acids is 2. The molecule has 1 rings (SSSR count). The predicted octanol–water partition coefficient (Wildman–Crippen LogP) is 2.51. The van der Waals surface area contributed by atoms with E-state index in [1.54, 1.807) is 4.90 Å². The zero-order valence-electron chi connectivity index (χ0n) is 12.9. The van der Waals surface area contributed by atoms with Gasteiger partial charge in [-0.25, -0.2) is 0 Å². The molecular weight excluding hydrogens is 252 g/mol. The standard InChI is InChI=1S/C16H24N2O2/c1-12(14-9-7-6-8-10-14)18(13(2)19)11-15(20)17-16(3,4)5/h6-10,12H,11H2,1-5H3,(H,17,20). The van der Waals surface area contributed by atoms with Gasteiger partial charge in [-0.3, -0.25) is 9.59 Å². The van der Waals surface area contributed by atoms with Crippen molar-refractivity contribution in [3.05, 3.63) is 35.9 Å². The molecule has 1 unspecified atom stereocenters. The molecule has 4 nitrogen and oxygen atoms in total. The van der Waals surface area contributed by atoms with E-state index in [9.17, 15) is 9.59 Å². The molecule has 20 heavy (non-hydrogen) atoms. The first kappa shape index (κ1) is 16.2. The molecule has 0 heterocycles. The third-order valence-electron chi connectivity index (χ3n) is 2.98. The highest BCUT2D eigenvalue weighted by atomic mass is 16.2. The summed E-state index contributed by atoms with van der Waals surface area (Å²) in [5.41, 5.74) is 0.724. The van der Waals surface area contributed by atoms with Gasteiger partial charge in [-0.1, -0.05) is 30.3 Å². The predicted molar refractivity (Wildman–Crippen MR) is 80.1 cm³/mol. The van der Waals surface area contributed by atoms with Crippen LogP contribution in [0.1, 0.15) is 46.2 Å². The van der Waals surface area contributed by atoms with E-state index in [-0.39, 0.29) is 29.9 Å². The molecule has 0 aromatic heterocycles. The van der Waals surface area contributed by atoms with Crippen molar-refractivity contribution in [2.24, 2.45) is 0 Å². The first-order valence-corrected chi connectivity index (χ1v) is 6.84. The van der Waals surface area contributed by atoms with Gasteiger partial charge < -0.3 is 10.2 Å². The highest BCUT2D eigenvalue weighted by Gasteiger charge is 2.23. The Bertz CT molecular complexity index is 463. The lowest BCUT2D eigenvalue weighted by molar-refractivity contribution is -0.137. The molecule has 1 aromatic carbocycles. The summed E-state index contributed by atoms with van der Waals surface area (Å²) in [6.07, 6.45) is 0. The number of carbonyl (C=O) groups is 2. The highest BCUT2D eigenvalue weighted by molar-refractivity contribution is 5.84. The minimum Gasteiger partial charge on any atom is -0.350 e. The third-order valence-corrected chi connectivity index (χ3v) is 2.98. The Balaban J connectivity index is 2.80. The number of rotatable bonds is 4. The molecule has 0 bridgehead atoms. The molecule has 0 aliphatic carbocycles. The van der Waals surface area contributed by atoms with Crippen LogP contribution in [0.15, 0.2) is 30.3 Å². The zero-order chi connectivity index (χ0) is 15.3. The summed E-state index contributed by atoms with van der Waals surface area (Å²) >= 11 is 0. The second-order valence-corrected chi connectivity index (χ2v) is 6.03. The largest absolute Gasteiger partial charge is 0.350 e. The fourth-order valence-electron chi connectivity index (χ4n) is 2.04. The van der Waals surface area contributed by atoms with Crippen LogP contribution in [-0.2, 0) is 9.59 Å². The van der Waals surface area contributed by atoms with Crippen molar-refractivity contribution in [3.8, 4) is 0 Å². The quantitative estimate of drug-likeness (QED) is 0.918. The third kappa shape index (κ3) is 5.03. The number of nitrogens with zero attached hydrogens (tertiary/aromatic N) is 1. The van der Waals surface area contributed by atoms with E-state index >= 15 is 0 Å². The Morgan fingerprint density at radius 1 is 1.20 bits per heavy atom. The SMILES string of the molecule is CC(=O)N(CC(=O)NC(C)(C)C)C(C)c1ccccc1. The van der Waals surface area contributed by atoms with Gasteiger partial charge in [0, 0.05) is 12.5 Å². The number of nitrogens with one attached hydrogen (secondary N) is 1. The fourth-order valence-corrected chi connectivity index (χ4v) is 2.04. The average Bonchev–Trinajstić information content (AvgIpc) is 2.34. The summed E-state index contributed by atoms with van der Waals surface area (Å²) in [7, 11) is 0. The summed E-state index contributed by atoms with van der Waals surface area (Å²) in [5, 5.41) is 2.88. The van der Waals surface area contributed by atoms with Gasteiger partial charge in [-0.15, -0.1) is 0 Å². The second kappa shape index (κ2) is 6.55. The molecule has 2 amide bonds. The van der Waals surface area contributed by atoms with Gasteiger partial charge >= 0.3 is 0 Å².